The number of benzene rings is 2. The Balaban J connectivity index is 1.78. The van der Waals surface area contributed by atoms with E-state index in [4.69, 9.17) is 21.1 Å². The predicted octanol–water partition coefficient (Wildman–Crippen LogP) is 5.55. The molecule has 6 heteroatoms. The summed E-state index contributed by atoms with van der Waals surface area (Å²) in [5.41, 5.74) is 3.08. The Morgan fingerprint density at radius 1 is 1.03 bits per heavy atom. The summed E-state index contributed by atoms with van der Waals surface area (Å²) < 4.78 is 11.7. The van der Waals surface area contributed by atoms with Gasteiger partial charge in [-0.2, -0.15) is 0 Å². The molecule has 0 spiro atoms. The van der Waals surface area contributed by atoms with E-state index in [-0.39, 0.29) is 30.2 Å². The zero-order valence-corrected chi connectivity index (χ0v) is 20.6. The van der Waals surface area contributed by atoms with Gasteiger partial charge in [-0.25, -0.2) is 0 Å². The van der Waals surface area contributed by atoms with Crippen molar-refractivity contribution in [3.8, 4) is 11.5 Å². The van der Waals surface area contributed by atoms with Crippen molar-refractivity contribution in [2.45, 2.75) is 77.2 Å². The quantitative estimate of drug-likeness (QED) is 0.600. The standard InChI is InChI=1S/C27H34ClNO4/c1-16(2)33-25-15-23-20(13-24(25)32-4)14-26(31)29(22-11-7-18(8-12-22)17(3)30)27(23)19-5-9-21(28)10-6-19/h5-6,9-10,13,15-18,22,27,30H,7-8,11-12,14H2,1-4H3. The first-order chi connectivity index (χ1) is 15.8. The minimum absolute atomic E-state index is 0.00278. The maximum Gasteiger partial charge on any atom is 0.228 e. The van der Waals surface area contributed by atoms with Crippen LogP contribution >= 0.6 is 11.6 Å². The summed E-state index contributed by atoms with van der Waals surface area (Å²) in [7, 11) is 1.63. The summed E-state index contributed by atoms with van der Waals surface area (Å²) in [6.45, 7) is 5.85. The summed E-state index contributed by atoms with van der Waals surface area (Å²) in [5, 5.41) is 10.7. The van der Waals surface area contributed by atoms with Gasteiger partial charge in [0.15, 0.2) is 11.5 Å². The Bertz CT molecular complexity index is 980. The first-order valence-corrected chi connectivity index (χ1v) is 12.3. The van der Waals surface area contributed by atoms with Crippen molar-refractivity contribution in [2.24, 2.45) is 5.92 Å². The first-order valence-electron chi connectivity index (χ1n) is 11.9. The fourth-order valence-corrected chi connectivity index (χ4v) is 5.47. The van der Waals surface area contributed by atoms with Crippen molar-refractivity contribution >= 4 is 17.5 Å². The molecule has 1 amide bonds. The van der Waals surface area contributed by atoms with Crippen LogP contribution in [-0.4, -0.2) is 41.3 Å². The van der Waals surface area contributed by atoms with Gasteiger partial charge in [0, 0.05) is 11.1 Å². The highest BCUT2D eigenvalue weighted by Crippen LogP contribution is 2.45. The minimum Gasteiger partial charge on any atom is -0.493 e. The molecule has 0 aromatic heterocycles. The number of nitrogens with zero attached hydrogens (tertiary/aromatic N) is 1. The molecule has 33 heavy (non-hydrogen) atoms. The predicted molar refractivity (Wildman–Crippen MR) is 130 cm³/mol. The molecule has 2 atom stereocenters. The molecule has 0 radical (unpaired) electrons. The topological polar surface area (TPSA) is 59.0 Å². The summed E-state index contributed by atoms with van der Waals surface area (Å²) >= 11 is 6.19. The number of carbonyl (C=O) groups is 1. The number of hydrogen-bond acceptors (Lipinski definition) is 4. The van der Waals surface area contributed by atoms with Crippen molar-refractivity contribution in [3.63, 3.8) is 0 Å². The lowest BCUT2D eigenvalue weighted by molar-refractivity contribution is -0.137. The van der Waals surface area contributed by atoms with Gasteiger partial charge in [0.1, 0.15) is 0 Å². The van der Waals surface area contributed by atoms with Crippen molar-refractivity contribution in [1.82, 2.24) is 4.90 Å². The molecule has 1 aliphatic heterocycles. The Morgan fingerprint density at radius 3 is 2.27 bits per heavy atom. The first kappa shape index (κ1) is 23.9. The van der Waals surface area contributed by atoms with Crippen LogP contribution in [0.1, 0.15) is 69.2 Å². The number of rotatable bonds is 6. The number of aliphatic hydroxyl groups excluding tert-OH is 1. The number of fused-ring (bicyclic) bond motifs is 1. The van der Waals surface area contributed by atoms with Gasteiger partial charge in [-0.15, -0.1) is 0 Å². The molecule has 0 bridgehead atoms. The van der Waals surface area contributed by atoms with E-state index < -0.39 is 0 Å². The molecule has 0 saturated heterocycles. The van der Waals surface area contributed by atoms with Gasteiger partial charge in [-0.3, -0.25) is 4.79 Å². The van der Waals surface area contributed by atoms with Gasteiger partial charge in [-0.05, 0) is 93.3 Å². The summed E-state index contributed by atoms with van der Waals surface area (Å²) in [4.78, 5) is 15.6. The number of amides is 1. The van der Waals surface area contributed by atoms with E-state index in [9.17, 15) is 9.90 Å². The van der Waals surface area contributed by atoms with E-state index in [0.717, 1.165) is 42.4 Å². The molecule has 1 aliphatic carbocycles. The van der Waals surface area contributed by atoms with Crippen LogP contribution in [0.2, 0.25) is 5.02 Å². The summed E-state index contributed by atoms with van der Waals surface area (Å²) in [6.07, 6.45) is 3.68. The van der Waals surface area contributed by atoms with Crippen LogP contribution in [0.15, 0.2) is 36.4 Å². The molecular weight excluding hydrogens is 438 g/mol. The van der Waals surface area contributed by atoms with Gasteiger partial charge in [0.05, 0.1) is 31.8 Å². The molecule has 4 rings (SSSR count). The molecule has 5 nitrogen and oxygen atoms in total. The lowest BCUT2D eigenvalue weighted by Gasteiger charge is -2.45. The lowest BCUT2D eigenvalue weighted by Crippen LogP contribution is -2.48. The van der Waals surface area contributed by atoms with Crippen LogP contribution in [-0.2, 0) is 11.2 Å². The maximum atomic E-state index is 13.6. The van der Waals surface area contributed by atoms with Gasteiger partial charge in [-0.1, -0.05) is 23.7 Å². The van der Waals surface area contributed by atoms with Crippen molar-refractivity contribution in [3.05, 3.63) is 58.1 Å². The van der Waals surface area contributed by atoms with E-state index in [2.05, 4.69) is 4.90 Å². The van der Waals surface area contributed by atoms with Gasteiger partial charge in [0.25, 0.3) is 0 Å². The zero-order valence-electron chi connectivity index (χ0n) is 19.9. The second kappa shape index (κ2) is 9.94. The average Bonchev–Trinajstić information content (AvgIpc) is 2.78. The smallest absolute Gasteiger partial charge is 0.228 e. The van der Waals surface area contributed by atoms with Gasteiger partial charge >= 0.3 is 0 Å². The second-order valence-electron chi connectivity index (χ2n) is 9.61. The highest BCUT2D eigenvalue weighted by atomic mass is 35.5. The normalized spacial score (nSPS) is 23.9. The van der Waals surface area contributed by atoms with Crippen LogP contribution < -0.4 is 9.47 Å². The SMILES string of the molecule is COc1cc2c(cc1OC(C)C)C(c1ccc(Cl)cc1)N(C1CCC(C(C)O)CC1)C(=O)C2. The summed E-state index contributed by atoms with van der Waals surface area (Å²) in [6, 6.07) is 11.7. The third-order valence-corrected chi connectivity index (χ3v) is 7.25. The molecule has 2 aliphatic rings. The minimum atomic E-state index is -0.306. The van der Waals surface area contributed by atoms with E-state index in [1.165, 1.54) is 0 Å². The fourth-order valence-electron chi connectivity index (χ4n) is 5.34. The highest BCUT2D eigenvalue weighted by Gasteiger charge is 2.40. The zero-order chi connectivity index (χ0) is 23.7. The molecular formula is C27H34ClNO4. The fraction of sp³-hybridized carbons (Fsp3) is 0.519. The summed E-state index contributed by atoms with van der Waals surface area (Å²) in [5.74, 6) is 1.77. The van der Waals surface area contributed by atoms with Crippen LogP contribution in [0.4, 0.5) is 0 Å². The molecule has 1 heterocycles. The largest absolute Gasteiger partial charge is 0.493 e. The number of hydrogen-bond donors (Lipinski definition) is 1. The van der Waals surface area contributed by atoms with Crippen molar-refractivity contribution in [2.75, 3.05) is 7.11 Å². The van der Waals surface area contributed by atoms with Crippen LogP contribution in [0, 0.1) is 5.92 Å². The number of ether oxygens (including phenoxy) is 2. The third kappa shape index (κ3) is 4.99. The Morgan fingerprint density at radius 2 is 1.70 bits per heavy atom. The van der Waals surface area contributed by atoms with E-state index in [1.54, 1.807) is 7.11 Å². The molecule has 1 N–H and O–H groups in total. The second-order valence-corrected chi connectivity index (χ2v) is 10.0. The third-order valence-electron chi connectivity index (χ3n) is 6.99. The van der Waals surface area contributed by atoms with E-state index >= 15 is 0 Å². The number of aliphatic hydroxyl groups is 1. The van der Waals surface area contributed by atoms with Crippen LogP contribution in [0.5, 0.6) is 11.5 Å². The van der Waals surface area contributed by atoms with Gasteiger partial charge in [0.2, 0.25) is 5.91 Å². The average molecular weight is 472 g/mol. The van der Waals surface area contributed by atoms with Gasteiger partial charge < -0.3 is 19.5 Å². The monoisotopic (exact) mass is 471 g/mol. The van der Waals surface area contributed by atoms with Crippen LogP contribution in [0.3, 0.4) is 0 Å². The Kier molecular flexibility index (Phi) is 7.20. The maximum absolute atomic E-state index is 13.6. The molecule has 178 valence electrons. The highest BCUT2D eigenvalue weighted by molar-refractivity contribution is 6.30. The molecule has 2 unspecified atom stereocenters. The Labute approximate surface area is 201 Å². The van der Waals surface area contributed by atoms with E-state index in [0.29, 0.717) is 28.9 Å². The van der Waals surface area contributed by atoms with Crippen LogP contribution in [0.25, 0.3) is 0 Å². The van der Waals surface area contributed by atoms with Crippen molar-refractivity contribution in [1.29, 1.82) is 0 Å². The number of carbonyl (C=O) groups excluding carboxylic acids is 1. The number of methoxy groups -OCH3 is 1. The molecule has 2 aromatic rings. The molecule has 2 aromatic carbocycles. The molecule has 1 saturated carbocycles. The lowest BCUT2D eigenvalue weighted by atomic mass is 9.79. The van der Waals surface area contributed by atoms with E-state index in [1.807, 2.05) is 57.2 Å². The van der Waals surface area contributed by atoms with Crippen molar-refractivity contribution < 1.29 is 19.4 Å². The number of halogens is 1. The molecule has 1 fully saturated rings. The Hall–Kier alpha value is -2.24.